The standard InChI is InChI=1S/C12H16N2O3S/c1-7-3-4-18-10(7)11(15)13-8-5-9(12(16)17)14(2)6-8/h3-4,8-9H,5-6H2,1-2H3,(H,13,15)(H,16,17). The summed E-state index contributed by atoms with van der Waals surface area (Å²) in [6.45, 7) is 2.47. The molecule has 1 amide bonds. The van der Waals surface area contributed by atoms with Crippen molar-refractivity contribution in [2.24, 2.45) is 0 Å². The van der Waals surface area contributed by atoms with Crippen molar-refractivity contribution in [2.45, 2.75) is 25.4 Å². The Bertz CT molecular complexity index is 472. The van der Waals surface area contributed by atoms with Crippen LogP contribution in [0.5, 0.6) is 0 Å². The van der Waals surface area contributed by atoms with Crippen molar-refractivity contribution in [3.05, 3.63) is 21.9 Å². The number of nitrogens with one attached hydrogen (secondary N) is 1. The number of aliphatic carboxylic acids is 1. The van der Waals surface area contributed by atoms with Crippen LogP contribution in [-0.2, 0) is 4.79 Å². The fraction of sp³-hybridized carbons (Fsp3) is 0.500. The van der Waals surface area contributed by atoms with Gasteiger partial charge in [-0.2, -0.15) is 0 Å². The summed E-state index contributed by atoms with van der Waals surface area (Å²) in [6, 6.07) is 1.31. The van der Waals surface area contributed by atoms with Crippen LogP contribution in [0.3, 0.4) is 0 Å². The third-order valence-electron chi connectivity index (χ3n) is 3.24. The number of nitrogens with zero attached hydrogens (tertiary/aromatic N) is 1. The number of likely N-dealkylation sites (tertiary alicyclic amines) is 1. The van der Waals surface area contributed by atoms with E-state index in [4.69, 9.17) is 5.11 Å². The van der Waals surface area contributed by atoms with Gasteiger partial charge in [-0.3, -0.25) is 14.5 Å². The summed E-state index contributed by atoms with van der Waals surface area (Å²) >= 11 is 1.41. The first-order chi connectivity index (χ1) is 8.49. The molecule has 18 heavy (non-hydrogen) atoms. The topological polar surface area (TPSA) is 69.6 Å². The summed E-state index contributed by atoms with van der Waals surface area (Å²) < 4.78 is 0. The van der Waals surface area contributed by atoms with Crippen LogP contribution in [0.2, 0.25) is 0 Å². The van der Waals surface area contributed by atoms with E-state index in [9.17, 15) is 9.59 Å². The molecular formula is C12H16N2O3S. The Balaban J connectivity index is 1.98. The molecule has 0 bridgehead atoms. The molecule has 98 valence electrons. The van der Waals surface area contributed by atoms with Gasteiger partial charge in [0.1, 0.15) is 6.04 Å². The van der Waals surface area contributed by atoms with E-state index in [0.29, 0.717) is 17.8 Å². The molecule has 2 rings (SSSR count). The molecular weight excluding hydrogens is 252 g/mol. The summed E-state index contributed by atoms with van der Waals surface area (Å²) in [5, 5.41) is 13.8. The number of hydrogen-bond acceptors (Lipinski definition) is 4. The third kappa shape index (κ3) is 2.54. The van der Waals surface area contributed by atoms with E-state index >= 15 is 0 Å². The summed E-state index contributed by atoms with van der Waals surface area (Å²) in [6.07, 6.45) is 0.460. The molecule has 1 aliphatic heterocycles. The van der Waals surface area contributed by atoms with Crippen LogP contribution in [0, 0.1) is 6.92 Å². The lowest BCUT2D eigenvalue weighted by Crippen LogP contribution is -2.36. The number of hydrogen-bond donors (Lipinski definition) is 2. The zero-order chi connectivity index (χ0) is 13.3. The lowest BCUT2D eigenvalue weighted by Gasteiger charge is -2.13. The molecule has 1 aliphatic rings. The second-order valence-corrected chi connectivity index (χ2v) is 5.55. The van der Waals surface area contributed by atoms with Gasteiger partial charge in [0.25, 0.3) is 5.91 Å². The van der Waals surface area contributed by atoms with E-state index in [1.165, 1.54) is 11.3 Å². The second kappa shape index (κ2) is 5.07. The average molecular weight is 268 g/mol. The van der Waals surface area contributed by atoms with Gasteiger partial charge < -0.3 is 10.4 Å². The summed E-state index contributed by atoms with van der Waals surface area (Å²) in [5.74, 6) is -0.937. The van der Waals surface area contributed by atoms with E-state index in [1.807, 2.05) is 18.4 Å². The van der Waals surface area contributed by atoms with E-state index in [2.05, 4.69) is 5.32 Å². The summed E-state index contributed by atoms with van der Waals surface area (Å²) in [7, 11) is 1.77. The first kappa shape index (κ1) is 13.0. The predicted octanol–water partition coefficient (Wildman–Crippen LogP) is 0.944. The van der Waals surface area contributed by atoms with Crippen molar-refractivity contribution in [1.29, 1.82) is 0 Å². The third-order valence-corrected chi connectivity index (χ3v) is 4.25. The normalized spacial score (nSPS) is 24.1. The number of rotatable bonds is 3. The number of carbonyl (C=O) groups excluding carboxylic acids is 1. The van der Waals surface area contributed by atoms with Crippen LogP contribution in [0.1, 0.15) is 21.7 Å². The molecule has 6 heteroatoms. The quantitative estimate of drug-likeness (QED) is 0.856. The highest BCUT2D eigenvalue weighted by Crippen LogP contribution is 2.19. The van der Waals surface area contributed by atoms with Gasteiger partial charge in [0.05, 0.1) is 4.88 Å². The highest BCUT2D eigenvalue weighted by atomic mass is 32.1. The van der Waals surface area contributed by atoms with Gasteiger partial charge in [0.2, 0.25) is 0 Å². The molecule has 1 aromatic heterocycles. The number of carboxylic acid groups (broad SMARTS) is 1. The molecule has 1 saturated heterocycles. The molecule has 1 aromatic rings. The Hall–Kier alpha value is -1.40. The fourth-order valence-electron chi connectivity index (χ4n) is 2.25. The Morgan fingerprint density at radius 2 is 2.28 bits per heavy atom. The number of amides is 1. The Kier molecular flexibility index (Phi) is 3.68. The molecule has 0 aliphatic carbocycles. The average Bonchev–Trinajstić information content (AvgIpc) is 2.84. The lowest BCUT2D eigenvalue weighted by atomic mass is 10.1. The number of carboxylic acids is 1. The van der Waals surface area contributed by atoms with Crippen LogP contribution in [0.4, 0.5) is 0 Å². The molecule has 0 saturated carbocycles. The maximum Gasteiger partial charge on any atom is 0.320 e. The van der Waals surface area contributed by atoms with E-state index in [0.717, 1.165) is 5.56 Å². The van der Waals surface area contributed by atoms with Gasteiger partial charge in [0, 0.05) is 12.6 Å². The van der Waals surface area contributed by atoms with Gasteiger partial charge in [-0.05, 0) is 37.4 Å². The largest absolute Gasteiger partial charge is 0.480 e. The zero-order valence-corrected chi connectivity index (χ0v) is 11.2. The zero-order valence-electron chi connectivity index (χ0n) is 10.3. The maximum atomic E-state index is 12.0. The van der Waals surface area contributed by atoms with Crippen molar-refractivity contribution >= 4 is 23.2 Å². The summed E-state index contributed by atoms with van der Waals surface area (Å²) in [5.41, 5.74) is 0.957. The Morgan fingerprint density at radius 1 is 1.56 bits per heavy atom. The van der Waals surface area contributed by atoms with E-state index in [1.54, 1.807) is 11.9 Å². The molecule has 5 nitrogen and oxygen atoms in total. The number of aryl methyl sites for hydroxylation is 1. The van der Waals surface area contributed by atoms with E-state index < -0.39 is 12.0 Å². The van der Waals surface area contributed by atoms with Crippen molar-refractivity contribution in [3.8, 4) is 0 Å². The van der Waals surface area contributed by atoms with Crippen LogP contribution in [0.15, 0.2) is 11.4 Å². The highest BCUT2D eigenvalue weighted by Gasteiger charge is 2.35. The minimum atomic E-state index is -0.832. The predicted molar refractivity (Wildman–Crippen MR) is 69.0 cm³/mol. The van der Waals surface area contributed by atoms with Crippen LogP contribution >= 0.6 is 11.3 Å². The fourth-order valence-corrected chi connectivity index (χ4v) is 3.08. The first-order valence-electron chi connectivity index (χ1n) is 5.77. The minimum Gasteiger partial charge on any atom is -0.480 e. The van der Waals surface area contributed by atoms with Gasteiger partial charge in [-0.15, -0.1) is 11.3 Å². The van der Waals surface area contributed by atoms with Gasteiger partial charge in [-0.1, -0.05) is 0 Å². The molecule has 0 spiro atoms. The molecule has 0 aromatic carbocycles. The Morgan fingerprint density at radius 3 is 2.78 bits per heavy atom. The maximum absolute atomic E-state index is 12.0. The highest BCUT2D eigenvalue weighted by molar-refractivity contribution is 7.12. The van der Waals surface area contributed by atoms with Crippen LogP contribution in [-0.4, -0.2) is 47.6 Å². The lowest BCUT2D eigenvalue weighted by molar-refractivity contribution is -0.141. The van der Waals surface area contributed by atoms with Crippen molar-refractivity contribution in [3.63, 3.8) is 0 Å². The van der Waals surface area contributed by atoms with Crippen LogP contribution < -0.4 is 5.32 Å². The minimum absolute atomic E-state index is 0.0925. The van der Waals surface area contributed by atoms with Crippen molar-refractivity contribution < 1.29 is 14.7 Å². The second-order valence-electron chi connectivity index (χ2n) is 4.63. The molecule has 2 unspecified atom stereocenters. The van der Waals surface area contributed by atoms with E-state index in [-0.39, 0.29) is 11.9 Å². The number of thiophene rings is 1. The van der Waals surface area contributed by atoms with Crippen molar-refractivity contribution in [1.82, 2.24) is 10.2 Å². The molecule has 2 N–H and O–H groups in total. The van der Waals surface area contributed by atoms with Gasteiger partial charge >= 0.3 is 5.97 Å². The number of carbonyl (C=O) groups is 2. The molecule has 1 fully saturated rings. The van der Waals surface area contributed by atoms with Crippen LogP contribution in [0.25, 0.3) is 0 Å². The monoisotopic (exact) mass is 268 g/mol. The SMILES string of the molecule is Cc1ccsc1C(=O)NC1CC(C(=O)O)N(C)C1. The van der Waals surface area contributed by atoms with Gasteiger partial charge in [0.15, 0.2) is 0 Å². The summed E-state index contributed by atoms with van der Waals surface area (Å²) in [4.78, 5) is 25.4. The first-order valence-corrected chi connectivity index (χ1v) is 6.65. The van der Waals surface area contributed by atoms with Crippen molar-refractivity contribution in [2.75, 3.05) is 13.6 Å². The molecule has 2 heterocycles. The van der Waals surface area contributed by atoms with Gasteiger partial charge in [-0.25, -0.2) is 0 Å². The smallest absolute Gasteiger partial charge is 0.320 e. The molecule has 0 radical (unpaired) electrons. The number of likely N-dealkylation sites (N-methyl/N-ethyl adjacent to an activating group) is 1. The molecule has 2 atom stereocenters. The Labute approximate surface area is 109 Å².